The van der Waals surface area contributed by atoms with Gasteiger partial charge in [0.2, 0.25) is 0 Å². The fourth-order valence-electron chi connectivity index (χ4n) is 0.870. The first-order valence-corrected chi connectivity index (χ1v) is 4.00. The predicted octanol–water partition coefficient (Wildman–Crippen LogP) is 3.37. The average molecular weight is 224 g/mol. The Morgan fingerprint density at radius 1 is 1.38 bits per heavy atom. The number of benzene rings is 1. The van der Waals surface area contributed by atoms with E-state index in [-0.39, 0.29) is 21.3 Å². The quantitative estimate of drug-likeness (QED) is 0.570. The van der Waals surface area contributed by atoms with Crippen molar-refractivity contribution in [3.63, 3.8) is 0 Å². The van der Waals surface area contributed by atoms with E-state index >= 15 is 0 Å². The third kappa shape index (κ3) is 2.08. The lowest BCUT2D eigenvalue weighted by Gasteiger charge is -2.00. The van der Waals surface area contributed by atoms with E-state index < -0.39 is 11.6 Å². The van der Waals surface area contributed by atoms with Gasteiger partial charge in [0.15, 0.2) is 0 Å². The van der Waals surface area contributed by atoms with Gasteiger partial charge in [-0.15, -0.1) is 0 Å². The van der Waals surface area contributed by atoms with Gasteiger partial charge >= 0.3 is 5.69 Å². The Balaban J connectivity index is 3.31. The highest BCUT2D eigenvalue weighted by Gasteiger charge is 2.18. The summed E-state index contributed by atoms with van der Waals surface area (Å²) >= 11 is 11.0. The van der Waals surface area contributed by atoms with Crippen molar-refractivity contribution in [2.75, 3.05) is 0 Å². The molecule has 1 aromatic carbocycles. The second kappa shape index (κ2) is 3.89. The van der Waals surface area contributed by atoms with Gasteiger partial charge in [-0.05, 0) is 17.7 Å². The summed E-state index contributed by atoms with van der Waals surface area (Å²) in [5.41, 5.74) is -0.166. The molecule has 0 aliphatic heterocycles. The van der Waals surface area contributed by atoms with Gasteiger partial charge in [0.05, 0.1) is 4.92 Å². The minimum atomic E-state index is -0.753. The average Bonchev–Trinajstić information content (AvgIpc) is 2.02. The van der Waals surface area contributed by atoms with E-state index in [1.54, 1.807) is 0 Å². The summed E-state index contributed by atoms with van der Waals surface area (Å²) in [5.74, 6) is 0. The molecular formula is C7H4Cl2FNO2. The minimum Gasteiger partial charge on any atom is -0.258 e. The second-order valence-corrected chi connectivity index (χ2v) is 3.11. The highest BCUT2D eigenvalue weighted by atomic mass is 35.5. The molecular weight excluding hydrogens is 220 g/mol. The zero-order valence-corrected chi connectivity index (χ0v) is 7.77. The molecule has 0 N–H and O–H groups in total. The zero-order chi connectivity index (χ0) is 10.0. The maximum Gasteiger partial charge on any atom is 0.306 e. The van der Waals surface area contributed by atoms with Crippen molar-refractivity contribution < 1.29 is 9.31 Å². The molecule has 0 bridgehead atoms. The fourth-order valence-corrected chi connectivity index (χ4v) is 1.54. The van der Waals surface area contributed by atoms with E-state index in [1.165, 1.54) is 12.1 Å². The van der Waals surface area contributed by atoms with Gasteiger partial charge in [0.1, 0.15) is 16.7 Å². The maximum absolute atomic E-state index is 12.1. The maximum atomic E-state index is 12.1. The summed E-state index contributed by atoms with van der Waals surface area (Å²) in [6.45, 7) is -0.753. The SMILES string of the molecule is O=[N+]([O-])c1c(Cl)cc(CF)cc1Cl. The van der Waals surface area contributed by atoms with Gasteiger partial charge in [-0.2, -0.15) is 0 Å². The van der Waals surface area contributed by atoms with Crippen molar-refractivity contribution in [2.45, 2.75) is 6.67 Å². The molecule has 0 spiro atoms. The molecule has 13 heavy (non-hydrogen) atoms. The number of halogens is 3. The van der Waals surface area contributed by atoms with Gasteiger partial charge in [0, 0.05) is 0 Å². The topological polar surface area (TPSA) is 43.1 Å². The lowest BCUT2D eigenvalue weighted by molar-refractivity contribution is -0.384. The molecule has 0 fully saturated rings. The summed E-state index contributed by atoms with van der Waals surface area (Å²) in [6.07, 6.45) is 0. The van der Waals surface area contributed by atoms with E-state index in [2.05, 4.69) is 0 Å². The molecule has 0 aromatic heterocycles. The van der Waals surface area contributed by atoms with Crippen LogP contribution in [0.15, 0.2) is 12.1 Å². The monoisotopic (exact) mass is 223 g/mol. The Bertz CT molecular complexity index is 333. The zero-order valence-electron chi connectivity index (χ0n) is 6.26. The summed E-state index contributed by atoms with van der Waals surface area (Å²) in [6, 6.07) is 2.37. The molecule has 0 unspecified atom stereocenters. The largest absolute Gasteiger partial charge is 0.306 e. The van der Waals surface area contributed by atoms with Crippen LogP contribution in [0.25, 0.3) is 0 Å². The second-order valence-electron chi connectivity index (χ2n) is 2.30. The van der Waals surface area contributed by atoms with Crippen LogP contribution in [0.1, 0.15) is 5.56 Å². The molecule has 0 amide bonds. The number of hydrogen-bond acceptors (Lipinski definition) is 2. The van der Waals surface area contributed by atoms with E-state index in [4.69, 9.17) is 23.2 Å². The van der Waals surface area contributed by atoms with Gasteiger partial charge in [0.25, 0.3) is 0 Å². The molecule has 6 heteroatoms. The summed E-state index contributed by atoms with van der Waals surface area (Å²) in [7, 11) is 0. The molecule has 0 radical (unpaired) electrons. The Morgan fingerprint density at radius 2 is 1.85 bits per heavy atom. The van der Waals surface area contributed by atoms with Crippen LogP contribution in [0.2, 0.25) is 10.0 Å². The first-order valence-electron chi connectivity index (χ1n) is 3.24. The van der Waals surface area contributed by atoms with E-state index in [0.29, 0.717) is 0 Å². The first kappa shape index (κ1) is 10.2. The fraction of sp³-hybridized carbons (Fsp3) is 0.143. The number of nitro groups is 1. The third-order valence-electron chi connectivity index (χ3n) is 1.41. The van der Waals surface area contributed by atoms with Crippen LogP contribution in [0.5, 0.6) is 0 Å². The summed E-state index contributed by atoms with van der Waals surface area (Å²) < 4.78 is 12.1. The number of nitrogens with zero attached hydrogens (tertiary/aromatic N) is 1. The molecule has 0 saturated heterocycles. The molecule has 70 valence electrons. The third-order valence-corrected chi connectivity index (χ3v) is 1.99. The number of alkyl halides is 1. The predicted molar refractivity (Wildman–Crippen MR) is 47.9 cm³/mol. The lowest BCUT2D eigenvalue weighted by atomic mass is 10.2. The van der Waals surface area contributed by atoms with Crippen LogP contribution in [0, 0.1) is 10.1 Å². The minimum absolute atomic E-state index is 0.148. The van der Waals surface area contributed by atoms with E-state index in [1.807, 2.05) is 0 Å². The van der Waals surface area contributed by atoms with Gasteiger partial charge in [-0.25, -0.2) is 4.39 Å². The van der Waals surface area contributed by atoms with Crippen LogP contribution in [0.4, 0.5) is 10.1 Å². The molecule has 3 nitrogen and oxygen atoms in total. The van der Waals surface area contributed by atoms with Crippen molar-refractivity contribution in [1.29, 1.82) is 0 Å². The Kier molecular flexibility index (Phi) is 3.06. The van der Waals surface area contributed by atoms with E-state index in [9.17, 15) is 14.5 Å². The smallest absolute Gasteiger partial charge is 0.258 e. The van der Waals surface area contributed by atoms with Crippen LogP contribution >= 0.6 is 23.2 Å². The van der Waals surface area contributed by atoms with Crippen molar-refractivity contribution >= 4 is 28.9 Å². The standard InChI is InChI=1S/C7H4Cl2FNO2/c8-5-1-4(3-10)2-6(9)7(5)11(12)13/h1-2H,3H2. The molecule has 0 aliphatic carbocycles. The van der Waals surface area contributed by atoms with Crippen molar-refractivity contribution in [3.05, 3.63) is 37.9 Å². The van der Waals surface area contributed by atoms with Crippen LogP contribution < -0.4 is 0 Å². The Hall–Kier alpha value is -0.870. The molecule has 1 rings (SSSR count). The van der Waals surface area contributed by atoms with Crippen molar-refractivity contribution in [1.82, 2.24) is 0 Å². The van der Waals surface area contributed by atoms with Crippen molar-refractivity contribution in [3.8, 4) is 0 Å². The molecule has 0 saturated carbocycles. The highest BCUT2D eigenvalue weighted by molar-refractivity contribution is 6.38. The molecule has 0 atom stereocenters. The van der Waals surface area contributed by atoms with Gasteiger partial charge in [-0.1, -0.05) is 23.2 Å². The number of hydrogen-bond donors (Lipinski definition) is 0. The lowest BCUT2D eigenvalue weighted by Crippen LogP contribution is -1.92. The van der Waals surface area contributed by atoms with Crippen LogP contribution in [-0.2, 0) is 6.67 Å². The number of nitro benzene ring substituents is 1. The molecule has 1 aromatic rings. The summed E-state index contributed by atoms with van der Waals surface area (Å²) in [4.78, 5) is 9.68. The van der Waals surface area contributed by atoms with Crippen LogP contribution in [0.3, 0.4) is 0 Å². The van der Waals surface area contributed by atoms with Gasteiger partial charge in [-0.3, -0.25) is 10.1 Å². The first-order chi connectivity index (χ1) is 6.06. The van der Waals surface area contributed by atoms with Gasteiger partial charge < -0.3 is 0 Å². The van der Waals surface area contributed by atoms with Crippen molar-refractivity contribution in [2.24, 2.45) is 0 Å². The Labute approximate surface area is 83.2 Å². The summed E-state index contributed by atoms with van der Waals surface area (Å²) in [5, 5.41) is 10.1. The Morgan fingerprint density at radius 3 is 2.15 bits per heavy atom. The number of rotatable bonds is 2. The van der Waals surface area contributed by atoms with Crippen LogP contribution in [-0.4, -0.2) is 4.92 Å². The normalized spacial score (nSPS) is 10.1. The van der Waals surface area contributed by atoms with E-state index in [0.717, 1.165) is 0 Å². The molecule has 0 aliphatic rings. The molecule has 0 heterocycles. The highest BCUT2D eigenvalue weighted by Crippen LogP contribution is 2.33.